The molecule has 24 heavy (non-hydrogen) atoms. The molecule has 0 aliphatic carbocycles. The van der Waals surface area contributed by atoms with E-state index < -0.39 is 10.0 Å². The molecule has 0 saturated heterocycles. The van der Waals surface area contributed by atoms with Gasteiger partial charge in [0.15, 0.2) is 5.82 Å². The first kappa shape index (κ1) is 15.9. The predicted octanol–water partition coefficient (Wildman–Crippen LogP) is 2.28. The van der Waals surface area contributed by atoms with Gasteiger partial charge in [-0.05, 0) is 36.4 Å². The summed E-state index contributed by atoms with van der Waals surface area (Å²) in [6, 6.07) is 16.9. The smallest absolute Gasteiger partial charge is 0.263 e. The van der Waals surface area contributed by atoms with Gasteiger partial charge in [0.2, 0.25) is 0 Å². The maximum Gasteiger partial charge on any atom is 0.263 e. The fourth-order valence-electron chi connectivity index (χ4n) is 1.96. The molecule has 0 amide bonds. The summed E-state index contributed by atoms with van der Waals surface area (Å²) in [5.41, 5.74) is 0.869. The quantitative estimate of drug-likeness (QED) is 0.714. The van der Waals surface area contributed by atoms with Gasteiger partial charge in [-0.2, -0.15) is 0 Å². The largest absolute Gasteiger partial charge is 0.363 e. The number of hydrogen-bond donors (Lipinski definition) is 2. The fraction of sp³-hybridized carbons (Fsp3) is 0.0625. The molecule has 2 N–H and O–H groups in total. The Morgan fingerprint density at radius 3 is 2.21 bits per heavy atom. The molecular formula is C16H15N5O2S. The molecule has 0 fully saturated rings. The Bertz CT molecular complexity index is 885. The van der Waals surface area contributed by atoms with Crippen LogP contribution in [0.25, 0.3) is 0 Å². The molecule has 0 spiro atoms. The zero-order chi connectivity index (χ0) is 16.8. The van der Waals surface area contributed by atoms with Gasteiger partial charge >= 0.3 is 0 Å². The lowest BCUT2D eigenvalue weighted by Gasteiger charge is -2.08. The molecule has 2 heterocycles. The van der Waals surface area contributed by atoms with E-state index in [-0.39, 0.29) is 10.7 Å². The molecule has 0 atom stereocenters. The summed E-state index contributed by atoms with van der Waals surface area (Å²) in [7, 11) is -3.66. The summed E-state index contributed by atoms with van der Waals surface area (Å²) < 4.78 is 26.8. The first-order valence-corrected chi connectivity index (χ1v) is 8.67. The van der Waals surface area contributed by atoms with E-state index >= 15 is 0 Å². The molecule has 0 bridgehead atoms. The molecule has 2 aromatic heterocycles. The van der Waals surface area contributed by atoms with Crippen molar-refractivity contribution in [3.05, 3.63) is 72.6 Å². The number of aromatic nitrogens is 3. The van der Waals surface area contributed by atoms with Gasteiger partial charge in [0, 0.05) is 6.20 Å². The first-order chi connectivity index (χ1) is 11.6. The lowest BCUT2D eigenvalue weighted by atomic mass is 10.3. The van der Waals surface area contributed by atoms with E-state index in [1.54, 1.807) is 36.5 Å². The van der Waals surface area contributed by atoms with Crippen molar-refractivity contribution in [3.8, 4) is 0 Å². The zero-order valence-electron chi connectivity index (χ0n) is 12.6. The van der Waals surface area contributed by atoms with E-state index in [4.69, 9.17) is 0 Å². The van der Waals surface area contributed by atoms with Gasteiger partial charge < -0.3 is 5.32 Å². The second-order valence-electron chi connectivity index (χ2n) is 4.90. The van der Waals surface area contributed by atoms with Crippen LogP contribution in [0.3, 0.4) is 0 Å². The summed E-state index contributed by atoms with van der Waals surface area (Å²) in [6.07, 6.45) is 1.71. The fourth-order valence-corrected chi connectivity index (χ4v) is 2.98. The second-order valence-corrected chi connectivity index (χ2v) is 6.58. The van der Waals surface area contributed by atoms with Crippen molar-refractivity contribution in [2.24, 2.45) is 0 Å². The third-order valence-corrected chi connectivity index (χ3v) is 4.50. The van der Waals surface area contributed by atoms with Crippen molar-refractivity contribution in [1.82, 2.24) is 15.2 Å². The van der Waals surface area contributed by atoms with Crippen LogP contribution in [0.15, 0.2) is 71.8 Å². The van der Waals surface area contributed by atoms with E-state index in [0.717, 1.165) is 5.69 Å². The van der Waals surface area contributed by atoms with Gasteiger partial charge in [-0.15, -0.1) is 10.2 Å². The van der Waals surface area contributed by atoms with Crippen molar-refractivity contribution in [3.63, 3.8) is 0 Å². The van der Waals surface area contributed by atoms with Crippen LogP contribution < -0.4 is 10.0 Å². The number of nitrogens with zero attached hydrogens (tertiary/aromatic N) is 3. The van der Waals surface area contributed by atoms with Crippen LogP contribution >= 0.6 is 0 Å². The minimum atomic E-state index is -3.66. The Kier molecular flexibility index (Phi) is 4.66. The van der Waals surface area contributed by atoms with Gasteiger partial charge in [0.05, 0.1) is 17.1 Å². The summed E-state index contributed by atoms with van der Waals surface area (Å²) in [5.74, 6) is 0.686. The maximum atomic E-state index is 12.2. The van der Waals surface area contributed by atoms with Gasteiger partial charge in [0.1, 0.15) is 5.82 Å². The molecule has 1 aromatic carbocycles. The van der Waals surface area contributed by atoms with Gasteiger partial charge in [-0.25, -0.2) is 8.42 Å². The number of anilines is 2. The monoisotopic (exact) mass is 341 g/mol. The van der Waals surface area contributed by atoms with Crippen LogP contribution in [-0.4, -0.2) is 23.6 Å². The SMILES string of the molecule is O=S(=O)(Nc1ccc(NCc2ccccn2)nn1)c1ccccc1. The number of hydrogen-bond acceptors (Lipinski definition) is 6. The highest BCUT2D eigenvalue weighted by Crippen LogP contribution is 2.14. The van der Waals surface area contributed by atoms with Crippen LogP contribution in [0.5, 0.6) is 0 Å². The van der Waals surface area contributed by atoms with E-state index in [0.29, 0.717) is 12.4 Å². The van der Waals surface area contributed by atoms with Gasteiger partial charge in [0.25, 0.3) is 10.0 Å². The Balaban J connectivity index is 1.64. The molecule has 0 aliphatic heterocycles. The molecule has 7 nitrogen and oxygen atoms in total. The minimum Gasteiger partial charge on any atom is -0.363 e. The molecule has 8 heteroatoms. The summed E-state index contributed by atoms with van der Waals surface area (Å²) in [4.78, 5) is 4.36. The van der Waals surface area contributed by atoms with E-state index in [1.165, 1.54) is 12.1 Å². The molecule has 0 aliphatic rings. The summed E-state index contributed by atoms with van der Waals surface area (Å²) in [6.45, 7) is 0.505. The normalized spacial score (nSPS) is 11.0. The molecule has 0 radical (unpaired) electrons. The van der Waals surface area contributed by atoms with E-state index in [2.05, 4.69) is 25.2 Å². The zero-order valence-corrected chi connectivity index (χ0v) is 13.4. The van der Waals surface area contributed by atoms with Crippen LogP contribution in [0, 0.1) is 0 Å². The minimum absolute atomic E-state index is 0.155. The predicted molar refractivity (Wildman–Crippen MR) is 90.8 cm³/mol. The first-order valence-electron chi connectivity index (χ1n) is 7.19. The van der Waals surface area contributed by atoms with E-state index in [1.807, 2.05) is 18.2 Å². The average Bonchev–Trinajstić information content (AvgIpc) is 2.62. The number of benzene rings is 1. The molecule has 0 unspecified atom stereocenters. The van der Waals surface area contributed by atoms with Crippen LogP contribution in [-0.2, 0) is 16.6 Å². The van der Waals surface area contributed by atoms with Crippen LogP contribution in [0.1, 0.15) is 5.69 Å². The highest BCUT2D eigenvalue weighted by Gasteiger charge is 2.14. The lowest BCUT2D eigenvalue weighted by molar-refractivity contribution is 0.601. The highest BCUT2D eigenvalue weighted by molar-refractivity contribution is 7.92. The van der Waals surface area contributed by atoms with Crippen molar-refractivity contribution >= 4 is 21.7 Å². The van der Waals surface area contributed by atoms with Crippen molar-refractivity contribution in [2.75, 3.05) is 10.0 Å². The molecule has 3 rings (SSSR count). The lowest BCUT2D eigenvalue weighted by Crippen LogP contribution is -2.14. The van der Waals surface area contributed by atoms with Crippen LogP contribution in [0.2, 0.25) is 0 Å². The number of nitrogens with one attached hydrogen (secondary N) is 2. The molecule has 122 valence electrons. The Morgan fingerprint density at radius 1 is 0.833 bits per heavy atom. The number of pyridine rings is 1. The maximum absolute atomic E-state index is 12.2. The molecule has 3 aromatic rings. The number of sulfonamides is 1. The Morgan fingerprint density at radius 2 is 1.54 bits per heavy atom. The van der Waals surface area contributed by atoms with Crippen molar-refractivity contribution in [2.45, 2.75) is 11.4 Å². The third-order valence-electron chi connectivity index (χ3n) is 3.13. The van der Waals surface area contributed by atoms with Crippen molar-refractivity contribution in [1.29, 1.82) is 0 Å². The standard InChI is InChI=1S/C16H15N5O2S/c22-24(23,14-7-2-1-3-8-14)21-16-10-9-15(19-20-16)18-12-13-6-4-5-11-17-13/h1-11H,12H2,(H,18,19)(H,20,21). The third kappa shape index (κ3) is 4.05. The van der Waals surface area contributed by atoms with Gasteiger partial charge in [-0.3, -0.25) is 9.71 Å². The summed E-state index contributed by atoms with van der Waals surface area (Å²) in [5, 5.41) is 10.9. The Hall–Kier alpha value is -3.00. The molecule has 0 saturated carbocycles. The van der Waals surface area contributed by atoms with Crippen LogP contribution in [0.4, 0.5) is 11.6 Å². The highest BCUT2D eigenvalue weighted by atomic mass is 32.2. The van der Waals surface area contributed by atoms with Crippen molar-refractivity contribution < 1.29 is 8.42 Å². The number of rotatable bonds is 6. The second kappa shape index (κ2) is 7.05. The van der Waals surface area contributed by atoms with Gasteiger partial charge in [-0.1, -0.05) is 24.3 Å². The molecular weight excluding hydrogens is 326 g/mol. The topological polar surface area (TPSA) is 96.9 Å². The Labute approximate surface area is 139 Å². The van der Waals surface area contributed by atoms with E-state index in [9.17, 15) is 8.42 Å². The average molecular weight is 341 g/mol. The summed E-state index contributed by atoms with van der Waals surface area (Å²) >= 11 is 0.